The first-order valence-corrected chi connectivity index (χ1v) is 8.20. The largest absolute Gasteiger partial charge is 0.484 e. The summed E-state index contributed by atoms with van der Waals surface area (Å²) in [5, 5.41) is 3.56. The highest BCUT2D eigenvalue weighted by Gasteiger charge is 2.09. The normalized spacial score (nSPS) is 10.6. The van der Waals surface area contributed by atoms with Crippen LogP contribution < -0.4 is 15.7 Å². The fourth-order valence-corrected chi connectivity index (χ4v) is 2.55. The molecule has 128 valence electrons. The van der Waals surface area contributed by atoms with Crippen molar-refractivity contribution in [3.8, 4) is 16.9 Å². The standard InChI is InChI=1S/C20H19NO4/c1-2-10-21-19(22)13-24-15-8-9-16-17(14-6-4-3-5-7-14)12-20(23)25-18(16)11-15/h3-9,11-12H,2,10,13H2,1H3,(H,21,22). The Hall–Kier alpha value is -3.08. The number of nitrogens with one attached hydrogen (secondary N) is 1. The average molecular weight is 337 g/mol. The smallest absolute Gasteiger partial charge is 0.336 e. The van der Waals surface area contributed by atoms with Crippen molar-refractivity contribution in [1.82, 2.24) is 5.32 Å². The van der Waals surface area contributed by atoms with E-state index in [-0.39, 0.29) is 12.5 Å². The number of hydrogen-bond acceptors (Lipinski definition) is 4. The van der Waals surface area contributed by atoms with Crippen molar-refractivity contribution >= 4 is 16.9 Å². The van der Waals surface area contributed by atoms with Gasteiger partial charge < -0.3 is 14.5 Å². The van der Waals surface area contributed by atoms with Crippen molar-refractivity contribution in [2.75, 3.05) is 13.2 Å². The van der Waals surface area contributed by atoms with Crippen molar-refractivity contribution in [1.29, 1.82) is 0 Å². The number of ether oxygens (including phenoxy) is 1. The third-order valence-corrected chi connectivity index (χ3v) is 3.74. The van der Waals surface area contributed by atoms with Crippen molar-refractivity contribution in [3.63, 3.8) is 0 Å². The number of rotatable bonds is 6. The molecule has 5 heteroatoms. The molecule has 1 heterocycles. The van der Waals surface area contributed by atoms with E-state index in [4.69, 9.17) is 9.15 Å². The molecule has 1 amide bonds. The molecule has 1 aromatic heterocycles. The number of carbonyl (C=O) groups excluding carboxylic acids is 1. The van der Waals surface area contributed by atoms with Crippen molar-refractivity contribution in [2.45, 2.75) is 13.3 Å². The van der Waals surface area contributed by atoms with Gasteiger partial charge >= 0.3 is 5.63 Å². The zero-order valence-electron chi connectivity index (χ0n) is 14.0. The Morgan fingerprint density at radius 3 is 2.68 bits per heavy atom. The highest BCUT2D eigenvalue weighted by atomic mass is 16.5. The molecule has 2 aromatic carbocycles. The van der Waals surface area contributed by atoms with Crippen LogP contribution >= 0.6 is 0 Å². The molecule has 0 spiro atoms. The van der Waals surface area contributed by atoms with Gasteiger partial charge in [0.2, 0.25) is 0 Å². The molecular formula is C20H19NO4. The predicted octanol–water partition coefficient (Wildman–Crippen LogP) is 3.37. The van der Waals surface area contributed by atoms with E-state index in [9.17, 15) is 9.59 Å². The Bertz CT molecular complexity index is 931. The SMILES string of the molecule is CCCNC(=O)COc1ccc2c(-c3ccccc3)cc(=O)oc2c1. The molecule has 0 fully saturated rings. The number of benzene rings is 2. The molecule has 3 aromatic rings. The third kappa shape index (κ3) is 4.07. The number of fused-ring (bicyclic) bond motifs is 1. The van der Waals surface area contributed by atoms with Crippen LogP contribution in [0.15, 0.2) is 63.8 Å². The minimum absolute atomic E-state index is 0.0753. The summed E-state index contributed by atoms with van der Waals surface area (Å²) in [6.07, 6.45) is 0.870. The van der Waals surface area contributed by atoms with Crippen LogP contribution in [0.5, 0.6) is 5.75 Å². The van der Waals surface area contributed by atoms with Gasteiger partial charge in [0, 0.05) is 24.1 Å². The van der Waals surface area contributed by atoms with Gasteiger partial charge in [-0.2, -0.15) is 0 Å². The van der Waals surface area contributed by atoms with E-state index >= 15 is 0 Å². The Kier molecular flexibility index (Phi) is 5.14. The quantitative estimate of drug-likeness (QED) is 0.700. The molecule has 3 rings (SSSR count). The van der Waals surface area contributed by atoms with Gasteiger partial charge in [-0.3, -0.25) is 4.79 Å². The summed E-state index contributed by atoms with van der Waals surface area (Å²) in [4.78, 5) is 23.5. The first-order chi connectivity index (χ1) is 12.2. The summed E-state index contributed by atoms with van der Waals surface area (Å²) < 4.78 is 10.8. The molecule has 0 saturated carbocycles. The summed E-state index contributed by atoms with van der Waals surface area (Å²) in [6, 6.07) is 16.4. The first kappa shape index (κ1) is 16.8. The van der Waals surface area contributed by atoms with Gasteiger partial charge in [0.15, 0.2) is 6.61 Å². The lowest BCUT2D eigenvalue weighted by molar-refractivity contribution is -0.123. The van der Waals surface area contributed by atoms with Crippen molar-refractivity contribution in [2.24, 2.45) is 0 Å². The minimum atomic E-state index is -0.427. The van der Waals surface area contributed by atoms with E-state index in [2.05, 4.69) is 5.32 Å². The first-order valence-electron chi connectivity index (χ1n) is 8.20. The molecule has 5 nitrogen and oxygen atoms in total. The van der Waals surface area contributed by atoms with Crippen LogP contribution in [-0.2, 0) is 4.79 Å². The average Bonchev–Trinajstić information content (AvgIpc) is 2.64. The second-order valence-electron chi connectivity index (χ2n) is 5.64. The topological polar surface area (TPSA) is 68.5 Å². The maximum atomic E-state index is 11.9. The van der Waals surface area contributed by atoms with Gasteiger partial charge in [-0.25, -0.2) is 4.79 Å². The fourth-order valence-electron chi connectivity index (χ4n) is 2.55. The summed E-state index contributed by atoms with van der Waals surface area (Å²) in [5.41, 5.74) is 1.74. The van der Waals surface area contributed by atoms with Crippen molar-refractivity contribution < 1.29 is 13.9 Å². The van der Waals surface area contributed by atoms with Gasteiger partial charge in [-0.05, 0) is 29.7 Å². The van der Waals surface area contributed by atoms with Gasteiger partial charge in [0.25, 0.3) is 5.91 Å². The predicted molar refractivity (Wildman–Crippen MR) is 96.7 cm³/mol. The van der Waals surface area contributed by atoms with E-state index in [0.717, 1.165) is 22.9 Å². The van der Waals surface area contributed by atoms with Crippen LogP contribution in [0.1, 0.15) is 13.3 Å². The molecule has 0 bridgehead atoms. The molecule has 0 aliphatic carbocycles. The van der Waals surface area contributed by atoms with E-state index in [1.165, 1.54) is 6.07 Å². The van der Waals surface area contributed by atoms with Crippen LogP contribution in [0.3, 0.4) is 0 Å². The van der Waals surface area contributed by atoms with Gasteiger partial charge in [0.05, 0.1) is 0 Å². The number of amides is 1. The monoisotopic (exact) mass is 337 g/mol. The molecule has 25 heavy (non-hydrogen) atoms. The van der Waals surface area contributed by atoms with Crippen LogP contribution in [-0.4, -0.2) is 19.1 Å². The Balaban J connectivity index is 1.89. The second kappa shape index (κ2) is 7.66. The van der Waals surface area contributed by atoms with Gasteiger partial charge in [0.1, 0.15) is 11.3 Å². The van der Waals surface area contributed by atoms with E-state index in [1.807, 2.05) is 43.3 Å². The molecular weight excluding hydrogens is 318 g/mol. The molecule has 0 aliphatic heterocycles. The molecule has 0 unspecified atom stereocenters. The van der Waals surface area contributed by atoms with E-state index < -0.39 is 5.63 Å². The summed E-state index contributed by atoms with van der Waals surface area (Å²) in [6.45, 7) is 2.53. The maximum absolute atomic E-state index is 11.9. The van der Waals surface area contributed by atoms with Crippen molar-refractivity contribution in [3.05, 3.63) is 65.0 Å². The maximum Gasteiger partial charge on any atom is 0.336 e. The molecule has 0 saturated heterocycles. The van der Waals surface area contributed by atoms with Crippen LogP contribution in [0.2, 0.25) is 0 Å². The third-order valence-electron chi connectivity index (χ3n) is 3.74. The fraction of sp³-hybridized carbons (Fsp3) is 0.200. The second-order valence-corrected chi connectivity index (χ2v) is 5.64. The Morgan fingerprint density at radius 1 is 1.12 bits per heavy atom. The zero-order valence-corrected chi connectivity index (χ0v) is 14.0. The molecule has 0 atom stereocenters. The zero-order chi connectivity index (χ0) is 17.6. The lowest BCUT2D eigenvalue weighted by Gasteiger charge is -2.09. The lowest BCUT2D eigenvalue weighted by Crippen LogP contribution is -2.29. The Labute approximate surface area is 145 Å². The highest BCUT2D eigenvalue weighted by Crippen LogP contribution is 2.29. The Morgan fingerprint density at radius 2 is 1.92 bits per heavy atom. The van der Waals surface area contributed by atoms with Crippen LogP contribution in [0.25, 0.3) is 22.1 Å². The summed E-state index contributed by atoms with van der Waals surface area (Å²) >= 11 is 0. The van der Waals surface area contributed by atoms with E-state index in [1.54, 1.807) is 12.1 Å². The lowest BCUT2D eigenvalue weighted by atomic mass is 10.0. The van der Waals surface area contributed by atoms with Gasteiger partial charge in [-0.1, -0.05) is 37.3 Å². The highest BCUT2D eigenvalue weighted by molar-refractivity contribution is 5.93. The number of carbonyl (C=O) groups is 1. The minimum Gasteiger partial charge on any atom is -0.484 e. The van der Waals surface area contributed by atoms with Crippen LogP contribution in [0, 0.1) is 0 Å². The molecule has 0 radical (unpaired) electrons. The molecule has 0 aliphatic rings. The summed E-state index contributed by atoms with van der Waals surface area (Å²) in [5.74, 6) is 0.300. The van der Waals surface area contributed by atoms with Crippen LogP contribution in [0.4, 0.5) is 0 Å². The summed E-state index contributed by atoms with van der Waals surface area (Å²) in [7, 11) is 0. The number of hydrogen-bond donors (Lipinski definition) is 1. The van der Waals surface area contributed by atoms with Gasteiger partial charge in [-0.15, -0.1) is 0 Å². The van der Waals surface area contributed by atoms with E-state index in [0.29, 0.717) is 17.9 Å². The molecule has 1 N–H and O–H groups in total.